The number of carbonyl (C=O) groups is 2. The molecule has 0 N–H and O–H groups in total. The maximum atomic E-state index is 12.1. The number of hydrogen-bond donors (Lipinski definition) is 0. The fraction of sp³-hybridized carbons (Fsp3) is 0.143. The molecule has 17 heavy (non-hydrogen) atoms. The Bertz CT molecular complexity index is 538. The second kappa shape index (κ2) is 4.78. The van der Waals surface area contributed by atoms with Crippen molar-refractivity contribution in [2.75, 3.05) is 0 Å². The highest BCUT2D eigenvalue weighted by molar-refractivity contribution is 6.14. The molecule has 1 heterocycles. The molecule has 0 atom stereocenters. The predicted octanol–water partition coefficient (Wildman–Crippen LogP) is 3.10. The van der Waals surface area contributed by atoms with Gasteiger partial charge in [-0.25, -0.2) is 0 Å². The molecule has 0 aliphatic rings. The maximum Gasteiger partial charge on any atom is 0.198 e. The summed E-state index contributed by atoms with van der Waals surface area (Å²) >= 11 is 0. The van der Waals surface area contributed by atoms with Gasteiger partial charge in [-0.3, -0.25) is 9.59 Å². The topological polar surface area (TPSA) is 47.3 Å². The molecule has 3 nitrogen and oxygen atoms in total. The molecule has 0 fully saturated rings. The van der Waals surface area contributed by atoms with E-state index in [1.165, 1.54) is 12.3 Å². The third-order valence-corrected chi connectivity index (χ3v) is 2.52. The quantitative estimate of drug-likeness (QED) is 0.755. The molecule has 0 aliphatic heterocycles. The van der Waals surface area contributed by atoms with Gasteiger partial charge in [0, 0.05) is 12.0 Å². The van der Waals surface area contributed by atoms with Crippen LogP contribution in [0.3, 0.4) is 0 Å². The molecule has 1 aromatic carbocycles. The van der Waals surface area contributed by atoms with Gasteiger partial charge in [0.25, 0.3) is 0 Å². The number of ketones is 2. The Morgan fingerprint density at radius 3 is 2.47 bits per heavy atom. The van der Waals surface area contributed by atoms with Gasteiger partial charge in [0.2, 0.25) is 0 Å². The van der Waals surface area contributed by atoms with Crippen LogP contribution >= 0.6 is 0 Å². The Kier molecular flexibility index (Phi) is 3.19. The van der Waals surface area contributed by atoms with Gasteiger partial charge in [-0.1, -0.05) is 37.3 Å². The zero-order valence-electron chi connectivity index (χ0n) is 9.47. The van der Waals surface area contributed by atoms with Crippen LogP contribution in [0, 0.1) is 0 Å². The van der Waals surface area contributed by atoms with Crippen LogP contribution in [0.5, 0.6) is 0 Å². The zero-order valence-corrected chi connectivity index (χ0v) is 9.47. The standard InChI is InChI=1S/C14H12O3/c1-2-12(15)14-11(8-9-17-14)13(16)10-6-4-3-5-7-10/h3-9H,2H2,1H3. The van der Waals surface area contributed by atoms with Crippen molar-refractivity contribution in [3.05, 3.63) is 59.5 Å². The van der Waals surface area contributed by atoms with Gasteiger partial charge in [0.1, 0.15) is 0 Å². The minimum atomic E-state index is -0.184. The van der Waals surface area contributed by atoms with E-state index in [1.54, 1.807) is 31.2 Å². The van der Waals surface area contributed by atoms with Crippen LogP contribution in [0.25, 0.3) is 0 Å². The molecule has 86 valence electrons. The van der Waals surface area contributed by atoms with E-state index in [0.717, 1.165) is 0 Å². The van der Waals surface area contributed by atoms with Crippen molar-refractivity contribution in [2.24, 2.45) is 0 Å². The number of furan rings is 1. The SMILES string of the molecule is CCC(=O)c1occc1C(=O)c1ccccc1. The number of Topliss-reactive ketones (excluding diaryl/α,β-unsaturated/α-hetero) is 1. The van der Waals surface area contributed by atoms with Crippen LogP contribution in [0.2, 0.25) is 0 Å². The summed E-state index contributed by atoms with van der Waals surface area (Å²) in [5.41, 5.74) is 0.891. The van der Waals surface area contributed by atoms with Crippen molar-refractivity contribution in [2.45, 2.75) is 13.3 Å². The van der Waals surface area contributed by atoms with Crippen molar-refractivity contribution >= 4 is 11.6 Å². The highest BCUT2D eigenvalue weighted by Gasteiger charge is 2.20. The van der Waals surface area contributed by atoms with E-state index >= 15 is 0 Å². The second-order valence-electron chi connectivity index (χ2n) is 3.64. The highest BCUT2D eigenvalue weighted by Crippen LogP contribution is 2.17. The van der Waals surface area contributed by atoms with E-state index in [4.69, 9.17) is 4.42 Å². The maximum absolute atomic E-state index is 12.1. The summed E-state index contributed by atoms with van der Waals surface area (Å²) < 4.78 is 5.09. The van der Waals surface area contributed by atoms with Crippen LogP contribution in [-0.4, -0.2) is 11.6 Å². The van der Waals surface area contributed by atoms with Gasteiger partial charge in [0.05, 0.1) is 11.8 Å². The highest BCUT2D eigenvalue weighted by atomic mass is 16.3. The minimum absolute atomic E-state index is 0.154. The zero-order chi connectivity index (χ0) is 12.3. The van der Waals surface area contributed by atoms with Crippen molar-refractivity contribution in [1.82, 2.24) is 0 Å². The minimum Gasteiger partial charge on any atom is -0.460 e. The first-order valence-electron chi connectivity index (χ1n) is 5.44. The van der Waals surface area contributed by atoms with Gasteiger partial charge >= 0.3 is 0 Å². The molecule has 0 saturated carbocycles. The lowest BCUT2D eigenvalue weighted by Crippen LogP contribution is -2.06. The lowest BCUT2D eigenvalue weighted by molar-refractivity contribution is 0.0946. The predicted molar refractivity (Wildman–Crippen MR) is 63.2 cm³/mol. The Morgan fingerprint density at radius 1 is 1.12 bits per heavy atom. The molecular weight excluding hydrogens is 216 g/mol. The van der Waals surface area contributed by atoms with Gasteiger partial charge in [-0.05, 0) is 6.07 Å². The third kappa shape index (κ3) is 2.18. The van der Waals surface area contributed by atoms with Gasteiger partial charge < -0.3 is 4.42 Å². The van der Waals surface area contributed by atoms with E-state index in [9.17, 15) is 9.59 Å². The molecule has 0 unspecified atom stereocenters. The van der Waals surface area contributed by atoms with Crippen molar-refractivity contribution in [1.29, 1.82) is 0 Å². The number of rotatable bonds is 4. The molecule has 0 bridgehead atoms. The molecule has 0 aliphatic carbocycles. The van der Waals surface area contributed by atoms with E-state index in [-0.39, 0.29) is 17.3 Å². The first-order valence-corrected chi connectivity index (χ1v) is 5.44. The average molecular weight is 228 g/mol. The Morgan fingerprint density at radius 2 is 1.82 bits per heavy atom. The van der Waals surface area contributed by atoms with Crippen molar-refractivity contribution in [3.63, 3.8) is 0 Å². The summed E-state index contributed by atoms with van der Waals surface area (Å²) in [6.07, 6.45) is 1.70. The molecule has 0 saturated heterocycles. The molecule has 3 heteroatoms. The lowest BCUT2D eigenvalue weighted by Gasteiger charge is -2.00. The van der Waals surface area contributed by atoms with Crippen molar-refractivity contribution < 1.29 is 14.0 Å². The Balaban J connectivity index is 2.39. The Hall–Kier alpha value is -2.16. The first-order chi connectivity index (χ1) is 8.24. The number of hydrogen-bond acceptors (Lipinski definition) is 3. The van der Waals surface area contributed by atoms with E-state index in [1.807, 2.05) is 6.07 Å². The fourth-order valence-corrected chi connectivity index (χ4v) is 1.61. The first kappa shape index (κ1) is 11.3. The van der Waals surface area contributed by atoms with E-state index in [0.29, 0.717) is 17.5 Å². The molecule has 0 spiro atoms. The summed E-state index contributed by atoms with van der Waals surface area (Å²) in [5, 5.41) is 0. The molecule has 1 aromatic heterocycles. The summed E-state index contributed by atoms with van der Waals surface area (Å²) in [4.78, 5) is 23.7. The third-order valence-electron chi connectivity index (χ3n) is 2.52. The average Bonchev–Trinajstić information content (AvgIpc) is 2.87. The van der Waals surface area contributed by atoms with Crippen molar-refractivity contribution in [3.8, 4) is 0 Å². The molecule has 0 amide bonds. The van der Waals surface area contributed by atoms with Crippen LogP contribution in [0.1, 0.15) is 39.8 Å². The normalized spacial score (nSPS) is 10.2. The largest absolute Gasteiger partial charge is 0.460 e. The van der Waals surface area contributed by atoms with E-state index in [2.05, 4.69) is 0 Å². The van der Waals surface area contributed by atoms with Crippen LogP contribution in [0.4, 0.5) is 0 Å². The lowest BCUT2D eigenvalue weighted by atomic mass is 10.0. The second-order valence-corrected chi connectivity index (χ2v) is 3.64. The Labute approximate surface area is 99.1 Å². The van der Waals surface area contributed by atoms with Crippen LogP contribution in [0.15, 0.2) is 47.1 Å². The summed E-state index contributed by atoms with van der Waals surface area (Å²) in [7, 11) is 0. The monoisotopic (exact) mass is 228 g/mol. The molecule has 2 aromatic rings. The molecular formula is C14H12O3. The van der Waals surface area contributed by atoms with Crippen LogP contribution in [-0.2, 0) is 0 Å². The summed E-state index contributed by atoms with van der Waals surface area (Å²) in [6, 6.07) is 10.4. The smallest absolute Gasteiger partial charge is 0.198 e. The van der Waals surface area contributed by atoms with Gasteiger partial charge in [-0.2, -0.15) is 0 Å². The molecule has 0 radical (unpaired) electrons. The van der Waals surface area contributed by atoms with Crippen LogP contribution < -0.4 is 0 Å². The summed E-state index contributed by atoms with van der Waals surface area (Å²) in [5.74, 6) is -0.188. The number of benzene rings is 1. The molecule has 2 rings (SSSR count). The number of carbonyl (C=O) groups excluding carboxylic acids is 2. The fourth-order valence-electron chi connectivity index (χ4n) is 1.61. The van der Waals surface area contributed by atoms with Gasteiger partial charge in [0.15, 0.2) is 17.3 Å². The van der Waals surface area contributed by atoms with E-state index < -0.39 is 0 Å². The van der Waals surface area contributed by atoms with Gasteiger partial charge in [-0.15, -0.1) is 0 Å². The summed E-state index contributed by atoms with van der Waals surface area (Å²) in [6.45, 7) is 1.74.